The lowest BCUT2D eigenvalue weighted by Crippen LogP contribution is -2.21. The molecule has 2 rings (SSSR count). The lowest BCUT2D eigenvalue weighted by molar-refractivity contribution is 0.503. The van der Waals surface area contributed by atoms with Gasteiger partial charge in [0.2, 0.25) is 0 Å². The first-order valence-electron chi connectivity index (χ1n) is 5.38. The van der Waals surface area contributed by atoms with Gasteiger partial charge in [0.25, 0.3) is 0 Å². The van der Waals surface area contributed by atoms with Crippen molar-refractivity contribution in [1.29, 1.82) is 0 Å². The average Bonchev–Trinajstić information content (AvgIpc) is 2.86. The first-order chi connectivity index (χ1) is 7.68. The zero-order valence-corrected chi connectivity index (χ0v) is 11.4. The van der Waals surface area contributed by atoms with Crippen LogP contribution in [0.4, 0.5) is 0 Å². The van der Waals surface area contributed by atoms with Gasteiger partial charge in [-0.05, 0) is 32.2 Å². The van der Waals surface area contributed by atoms with E-state index in [1.165, 1.54) is 9.75 Å². The van der Waals surface area contributed by atoms with Gasteiger partial charge in [0.1, 0.15) is 0 Å². The Morgan fingerprint density at radius 1 is 1.25 bits per heavy atom. The minimum Gasteiger partial charge on any atom is -0.302 e. The SMILES string of the molecule is Cc1ncsc1C(C)N[C@H](C)c1cccs1. The van der Waals surface area contributed by atoms with E-state index in [-0.39, 0.29) is 0 Å². The van der Waals surface area contributed by atoms with E-state index in [9.17, 15) is 0 Å². The molecule has 0 aliphatic carbocycles. The van der Waals surface area contributed by atoms with Crippen LogP contribution in [0.15, 0.2) is 23.0 Å². The van der Waals surface area contributed by atoms with Crippen molar-refractivity contribution in [1.82, 2.24) is 10.3 Å². The highest BCUT2D eigenvalue weighted by Gasteiger charge is 2.14. The van der Waals surface area contributed by atoms with Gasteiger partial charge in [-0.2, -0.15) is 0 Å². The topological polar surface area (TPSA) is 24.9 Å². The second kappa shape index (κ2) is 5.08. The number of thiophene rings is 1. The molecule has 4 heteroatoms. The number of aryl methyl sites for hydroxylation is 1. The highest BCUT2D eigenvalue weighted by molar-refractivity contribution is 7.10. The lowest BCUT2D eigenvalue weighted by Gasteiger charge is -2.18. The highest BCUT2D eigenvalue weighted by Crippen LogP contribution is 2.26. The molecule has 2 atom stereocenters. The van der Waals surface area contributed by atoms with E-state index in [0.29, 0.717) is 12.1 Å². The Balaban J connectivity index is 2.03. The van der Waals surface area contributed by atoms with Crippen LogP contribution in [0.3, 0.4) is 0 Å². The van der Waals surface area contributed by atoms with E-state index in [1.807, 2.05) is 5.51 Å². The third-order valence-electron chi connectivity index (χ3n) is 2.65. The third-order valence-corrected chi connectivity index (χ3v) is 4.81. The molecular weight excluding hydrogens is 236 g/mol. The number of nitrogens with one attached hydrogen (secondary N) is 1. The van der Waals surface area contributed by atoms with E-state index in [2.05, 4.69) is 48.6 Å². The molecule has 16 heavy (non-hydrogen) atoms. The normalized spacial score (nSPS) is 14.9. The number of hydrogen-bond acceptors (Lipinski definition) is 4. The van der Waals surface area contributed by atoms with Crippen LogP contribution in [0, 0.1) is 6.92 Å². The van der Waals surface area contributed by atoms with Crippen LogP contribution in [0.2, 0.25) is 0 Å². The average molecular weight is 252 g/mol. The van der Waals surface area contributed by atoms with Crippen LogP contribution in [0.5, 0.6) is 0 Å². The molecule has 2 aromatic heterocycles. The van der Waals surface area contributed by atoms with Crippen LogP contribution >= 0.6 is 22.7 Å². The fourth-order valence-corrected chi connectivity index (χ4v) is 3.36. The van der Waals surface area contributed by atoms with Gasteiger partial charge >= 0.3 is 0 Å². The summed E-state index contributed by atoms with van der Waals surface area (Å²) < 4.78 is 0. The van der Waals surface area contributed by atoms with Crippen molar-refractivity contribution in [3.63, 3.8) is 0 Å². The van der Waals surface area contributed by atoms with Crippen LogP contribution < -0.4 is 5.32 Å². The van der Waals surface area contributed by atoms with Gasteiger partial charge in [0.15, 0.2) is 0 Å². The van der Waals surface area contributed by atoms with E-state index in [4.69, 9.17) is 0 Å². The van der Waals surface area contributed by atoms with Crippen molar-refractivity contribution in [2.45, 2.75) is 32.9 Å². The zero-order chi connectivity index (χ0) is 11.5. The molecule has 0 saturated carbocycles. The summed E-state index contributed by atoms with van der Waals surface area (Å²) >= 11 is 3.53. The summed E-state index contributed by atoms with van der Waals surface area (Å²) in [5, 5.41) is 5.73. The van der Waals surface area contributed by atoms with Crippen molar-refractivity contribution in [3.8, 4) is 0 Å². The molecule has 86 valence electrons. The minimum absolute atomic E-state index is 0.365. The number of aromatic nitrogens is 1. The lowest BCUT2D eigenvalue weighted by atomic mass is 10.2. The summed E-state index contributed by atoms with van der Waals surface area (Å²) in [7, 11) is 0. The maximum absolute atomic E-state index is 4.29. The standard InChI is InChI=1S/C12H16N2S2/c1-8(11-5-4-6-15-11)14-10(3)12-9(2)13-7-16-12/h4-8,10,14H,1-3H3/t8-,10?/m1/s1. The summed E-state index contributed by atoms with van der Waals surface area (Å²) in [6.45, 7) is 6.48. The highest BCUT2D eigenvalue weighted by atomic mass is 32.1. The summed E-state index contributed by atoms with van der Waals surface area (Å²) in [5.41, 5.74) is 3.06. The largest absolute Gasteiger partial charge is 0.302 e. The fraction of sp³-hybridized carbons (Fsp3) is 0.417. The van der Waals surface area contributed by atoms with Gasteiger partial charge < -0.3 is 5.32 Å². The second-order valence-corrected chi connectivity index (χ2v) is 5.79. The third kappa shape index (κ3) is 2.51. The molecule has 0 fully saturated rings. The number of rotatable bonds is 4. The van der Waals surface area contributed by atoms with Gasteiger partial charge in [0.05, 0.1) is 11.2 Å². The molecule has 0 aromatic carbocycles. The molecule has 2 aromatic rings. The van der Waals surface area contributed by atoms with Crippen molar-refractivity contribution >= 4 is 22.7 Å². The molecular formula is C12H16N2S2. The maximum Gasteiger partial charge on any atom is 0.0798 e. The Morgan fingerprint density at radius 3 is 2.62 bits per heavy atom. The van der Waals surface area contributed by atoms with Gasteiger partial charge in [-0.1, -0.05) is 6.07 Å². The van der Waals surface area contributed by atoms with Crippen molar-refractivity contribution in [2.24, 2.45) is 0 Å². The number of nitrogens with zero attached hydrogens (tertiary/aromatic N) is 1. The summed E-state index contributed by atoms with van der Waals surface area (Å²) in [6.07, 6.45) is 0. The molecule has 2 heterocycles. The predicted molar refractivity (Wildman–Crippen MR) is 71.1 cm³/mol. The molecule has 2 nitrogen and oxygen atoms in total. The van der Waals surface area contributed by atoms with Crippen molar-refractivity contribution in [3.05, 3.63) is 38.5 Å². The Kier molecular flexibility index (Phi) is 3.74. The van der Waals surface area contributed by atoms with Gasteiger partial charge in [-0.15, -0.1) is 22.7 Å². The molecule has 0 radical (unpaired) electrons. The minimum atomic E-state index is 0.365. The van der Waals surface area contributed by atoms with Crippen LogP contribution in [-0.4, -0.2) is 4.98 Å². The summed E-state index contributed by atoms with van der Waals surface area (Å²) in [5.74, 6) is 0. The number of hydrogen-bond donors (Lipinski definition) is 1. The van der Waals surface area contributed by atoms with Crippen LogP contribution in [-0.2, 0) is 0 Å². The molecule has 0 aliphatic rings. The molecule has 0 aliphatic heterocycles. The molecule has 1 N–H and O–H groups in total. The van der Waals surface area contributed by atoms with Gasteiger partial charge in [0, 0.05) is 21.8 Å². The summed E-state index contributed by atoms with van der Waals surface area (Å²) in [6, 6.07) is 5.04. The molecule has 0 amide bonds. The van der Waals surface area contributed by atoms with E-state index in [0.717, 1.165) is 5.69 Å². The Bertz CT molecular complexity index is 434. The van der Waals surface area contributed by atoms with E-state index in [1.54, 1.807) is 22.7 Å². The first kappa shape index (κ1) is 11.8. The Morgan fingerprint density at radius 2 is 2.06 bits per heavy atom. The van der Waals surface area contributed by atoms with E-state index >= 15 is 0 Å². The zero-order valence-electron chi connectivity index (χ0n) is 9.73. The fourth-order valence-electron chi connectivity index (χ4n) is 1.80. The molecule has 0 saturated heterocycles. The van der Waals surface area contributed by atoms with Crippen LogP contribution in [0.25, 0.3) is 0 Å². The quantitative estimate of drug-likeness (QED) is 0.892. The molecule has 0 spiro atoms. The maximum atomic E-state index is 4.29. The van der Waals surface area contributed by atoms with Crippen molar-refractivity contribution < 1.29 is 0 Å². The van der Waals surface area contributed by atoms with Gasteiger partial charge in [-0.3, -0.25) is 0 Å². The Labute approximate surface area is 104 Å². The molecule has 0 bridgehead atoms. The summed E-state index contributed by atoms with van der Waals surface area (Å²) in [4.78, 5) is 7.01. The Hall–Kier alpha value is -0.710. The monoisotopic (exact) mass is 252 g/mol. The smallest absolute Gasteiger partial charge is 0.0798 e. The van der Waals surface area contributed by atoms with E-state index < -0.39 is 0 Å². The molecule has 1 unspecified atom stereocenters. The van der Waals surface area contributed by atoms with Gasteiger partial charge in [-0.25, -0.2) is 4.98 Å². The predicted octanol–water partition coefficient (Wildman–Crippen LogP) is 3.92. The second-order valence-electron chi connectivity index (χ2n) is 3.93. The van der Waals surface area contributed by atoms with Crippen molar-refractivity contribution in [2.75, 3.05) is 0 Å². The number of thiazole rings is 1. The van der Waals surface area contributed by atoms with Crippen LogP contribution in [0.1, 0.15) is 41.4 Å². The first-order valence-corrected chi connectivity index (χ1v) is 7.14.